The van der Waals surface area contributed by atoms with Gasteiger partial charge in [0, 0.05) is 32.3 Å². The van der Waals surface area contributed by atoms with Crippen LogP contribution in [0.1, 0.15) is 24.8 Å². The standard InChI is InChI=1S/C20H26N2O6S/c23-19(21-10-2-1-3-11-21)16-28-20(24)9-6-17-4-7-18(8-5-17)29(25,26)22-12-14-27-15-13-22/h4-9H,1-3,10-16H2/b9-6+. The summed E-state index contributed by atoms with van der Waals surface area (Å²) in [6.45, 7) is 2.63. The van der Waals surface area contributed by atoms with Gasteiger partial charge in [-0.25, -0.2) is 13.2 Å². The molecule has 0 unspecified atom stereocenters. The lowest BCUT2D eigenvalue weighted by Gasteiger charge is -2.26. The molecule has 2 aliphatic heterocycles. The van der Waals surface area contributed by atoms with Crippen LogP contribution in [0.4, 0.5) is 0 Å². The summed E-state index contributed by atoms with van der Waals surface area (Å²) in [5, 5.41) is 0. The van der Waals surface area contributed by atoms with Crippen molar-refractivity contribution in [1.29, 1.82) is 0 Å². The van der Waals surface area contributed by atoms with Gasteiger partial charge in [0.2, 0.25) is 10.0 Å². The van der Waals surface area contributed by atoms with E-state index in [1.807, 2.05) is 0 Å². The molecule has 0 radical (unpaired) electrons. The van der Waals surface area contributed by atoms with Crippen molar-refractivity contribution in [2.24, 2.45) is 0 Å². The molecule has 1 aromatic rings. The molecule has 9 heteroatoms. The van der Waals surface area contributed by atoms with Crippen molar-refractivity contribution in [2.45, 2.75) is 24.2 Å². The molecule has 158 valence electrons. The monoisotopic (exact) mass is 422 g/mol. The van der Waals surface area contributed by atoms with Crippen LogP contribution in [0.25, 0.3) is 6.08 Å². The number of carbonyl (C=O) groups excluding carboxylic acids is 2. The Hall–Kier alpha value is -2.23. The first-order chi connectivity index (χ1) is 14.0. The molecule has 0 atom stereocenters. The highest BCUT2D eigenvalue weighted by Crippen LogP contribution is 2.18. The van der Waals surface area contributed by atoms with E-state index in [-0.39, 0.29) is 17.4 Å². The van der Waals surface area contributed by atoms with Crippen LogP contribution in [0.5, 0.6) is 0 Å². The average Bonchev–Trinajstić information content (AvgIpc) is 2.77. The van der Waals surface area contributed by atoms with Crippen molar-refractivity contribution >= 4 is 28.0 Å². The van der Waals surface area contributed by atoms with Gasteiger partial charge in [-0.3, -0.25) is 4.79 Å². The number of likely N-dealkylation sites (tertiary alicyclic amines) is 1. The quantitative estimate of drug-likeness (QED) is 0.506. The zero-order valence-electron chi connectivity index (χ0n) is 16.3. The summed E-state index contributed by atoms with van der Waals surface area (Å²) in [4.78, 5) is 25.8. The molecule has 0 saturated carbocycles. The maximum Gasteiger partial charge on any atom is 0.331 e. The van der Waals surface area contributed by atoms with Crippen LogP contribution >= 0.6 is 0 Å². The van der Waals surface area contributed by atoms with Crippen molar-refractivity contribution in [3.05, 3.63) is 35.9 Å². The van der Waals surface area contributed by atoms with E-state index in [4.69, 9.17) is 9.47 Å². The molecule has 1 aromatic carbocycles. The number of benzene rings is 1. The summed E-state index contributed by atoms with van der Waals surface area (Å²) in [5.74, 6) is -0.788. The Labute approximate surface area is 171 Å². The Kier molecular flexibility index (Phi) is 7.40. The number of nitrogens with zero attached hydrogens (tertiary/aromatic N) is 2. The number of carbonyl (C=O) groups is 2. The second-order valence-corrected chi connectivity index (χ2v) is 8.91. The van der Waals surface area contributed by atoms with Crippen LogP contribution in [-0.2, 0) is 29.1 Å². The van der Waals surface area contributed by atoms with Gasteiger partial charge < -0.3 is 14.4 Å². The molecule has 0 spiro atoms. The largest absolute Gasteiger partial charge is 0.452 e. The van der Waals surface area contributed by atoms with Crippen molar-refractivity contribution in [3.63, 3.8) is 0 Å². The third kappa shape index (κ3) is 5.88. The molecule has 2 aliphatic rings. The highest BCUT2D eigenvalue weighted by molar-refractivity contribution is 7.89. The first kappa shape index (κ1) is 21.5. The van der Waals surface area contributed by atoms with Crippen LogP contribution in [0.3, 0.4) is 0 Å². The number of piperidine rings is 1. The molecule has 1 amide bonds. The van der Waals surface area contributed by atoms with Gasteiger partial charge >= 0.3 is 5.97 Å². The van der Waals surface area contributed by atoms with Gasteiger partial charge in [-0.1, -0.05) is 12.1 Å². The van der Waals surface area contributed by atoms with Gasteiger partial charge in [-0.05, 0) is 43.0 Å². The summed E-state index contributed by atoms with van der Waals surface area (Å²) < 4.78 is 36.8. The minimum Gasteiger partial charge on any atom is -0.452 e. The fraction of sp³-hybridized carbons (Fsp3) is 0.500. The molecule has 0 aromatic heterocycles. The second kappa shape index (κ2) is 10.00. The molecule has 0 bridgehead atoms. The predicted octanol–water partition coefficient (Wildman–Crippen LogP) is 1.28. The fourth-order valence-corrected chi connectivity index (χ4v) is 4.67. The van der Waals surface area contributed by atoms with Gasteiger partial charge in [-0.2, -0.15) is 4.31 Å². The fourth-order valence-electron chi connectivity index (χ4n) is 3.27. The number of ether oxygens (including phenoxy) is 2. The lowest BCUT2D eigenvalue weighted by Crippen LogP contribution is -2.40. The first-order valence-electron chi connectivity index (χ1n) is 9.77. The number of esters is 1. The molecule has 0 aliphatic carbocycles. The Morgan fingerprint density at radius 2 is 1.66 bits per heavy atom. The topological polar surface area (TPSA) is 93.2 Å². The number of sulfonamides is 1. The van der Waals surface area contributed by atoms with E-state index in [2.05, 4.69) is 0 Å². The zero-order valence-corrected chi connectivity index (χ0v) is 17.1. The van der Waals surface area contributed by atoms with E-state index in [0.29, 0.717) is 45.0 Å². The number of amides is 1. The molecular formula is C20H26N2O6S. The molecule has 2 saturated heterocycles. The molecule has 29 heavy (non-hydrogen) atoms. The van der Waals surface area contributed by atoms with Crippen LogP contribution in [0.15, 0.2) is 35.2 Å². The Bertz CT molecular complexity index is 838. The van der Waals surface area contributed by atoms with E-state index in [0.717, 1.165) is 19.3 Å². The maximum absolute atomic E-state index is 12.6. The second-order valence-electron chi connectivity index (χ2n) is 6.97. The Balaban J connectivity index is 1.51. The van der Waals surface area contributed by atoms with E-state index < -0.39 is 16.0 Å². The predicted molar refractivity (Wildman–Crippen MR) is 106 cm³/mol. The smallest absolute Gasteiger partial charge is 0.331 e. The van der Waals surface area contributed by atoms with Crippen molar-refractivity contribution < 1.29 is 27.5 Å². The number of hydrogen-bond acceptors (Lipinski definition) is 6. The van der Waals surface area contributed by atoms with Gasteiger partial charge in [0.05, 0.1) is 18.1 Å². The summed E-state index contributed by atoms with van der Waals surface area (Å²) >= 11 is 0. The van der Waals surface area contributed by atoms with Crippen LogP contribution < -0.4 is 0 Å². The van der Waals surface area contributed by atoms with Crippen molar-refractivity contribution in [3.8, 4) is 0 Å². The highest BCUT2D eigenvalue weighted by Gasteiger charge is 2.26. The molecular weight excluding hydrogens is 396 g/mol. The van der Waals surface area contributed by atoms with Gasteiger partial charge in [0.15, 0.2) is 6.61 Å². The van der Waals surface area contributed by atoms with Crippen molar-refractivity contribution in [1.82, 2.24) is 9.21 Å². The molecule has 0 N–H and O–H groups in total. The normalized spacial score (nSPS) is 18.7. The summed E-state index contributed by atoms with van der Waals surface area (Å²) in [6, 6.07) is 6.26. The number of rotatable bonds is 6. The van der Waals surface area contributed by atoms with Gasteiger partial charge in [0.1, 0.15) is 0 Å². The Morgan fingerprint density at radius 3 is 2.31 bits per heavy atom. The van der Waals surface area contributed by atoms with E-state index in [1.54, 1.807) is 17.0 Å². The van der Waals surface area contributed by atoms with Crippen LogP contribution in [0, 0.1) is 0 Å². The average molecular weight is 423 g/mol. The van der Waals surface area contributed by atoms with Crippen LogP contribution in [0.2, 0.25) is 0 Å². The van der Waals surface area contributed by atoms with E-state index in [9.17, 15) is 18.0 Å². The number of morpholine rings is 1. The molecule has 3 rings (SSSR count). The molecule has 2 heterocycles. The summed E-state index contributed by atoms with van der Waals surface area (Å²) in [7, 11) is -3.54. The summed E-state index contributed by atoms with van der Waals surface area (Å²) in [6.07, 6.45) is 5.85. The minimum atomic E-state index is -3.54. The van der Waals surface area contributed by atoms with E-state index in [1.165, 1.54) is 28.6 Å². The van der Waals surface area contributed by atoms with Gasteiger partial charge in [-0.15, -0.1) is 0 Å². The maximum atomic E-state index is 12.6. The number of hydrogen-bond donors (Lipinski definition) is 0. The lowest BCUT2D eigenvalue weighted by atomic mass is 10.1. The molecule has 8 nitrogen and oxygen atoms in total. The zero-order chi connectivity index (χ0) is 20.7. The SMILES string of the molecule is O=C(/C=C/c1ccc(S(=O)(=O)N2CCOCC2)cc1)OCC(=O)N1CCCCC1. The van der Waals surface area contributed by atoms with E-state index >= 15 is 0 Å². The van der Waals surface area contributed by atoms with Crippen LogP contribution in [-0.4, -0.2) is 75.5 Å². The van der Waals surface area contributed by atoms with Gasteiger partial charge in [0.25, 0.3) is 5.91 Å². The lowest BCUT2D eigenvalue weighted by molar-refractivity contribution is -0.148. The van der Waals surface area contributed by atoms with Crippen molar-refractivity contribution in [2.75, 3.05) is 46.0 Å². The minimum absolute atomic E-state index is 0.177. The third-order valence-electron chi connectivity index (χ3n) is 4.95. The molecule has 2 fully saturated rings. The highest BCUT2D eigenvalue weighted by atomic mass is 32.2. The first-order valence-corrected chi connectivity index (χ1v) is 11.2. The summed E-state index contributed by atoms with van der Waals surface area (Å²) in [5.41, 5.74) is 0.658. The Morgan fingerprint density at radius 1 is 1.00 bits per heavy atom. The third-order valence-corrected chi connectivity index (χ3v) is 6.86.